The van der Waals surface area contributed by atoms with Crippen molar-refractivity contribution in [2.24, 2.45) is 7.05 Å². The Balaban J connectivity index is 2.17. The van der Waals surface area contributed by atoms with Crippen LogP contribution in [-0.2, 0) is 20.1 Å². The van der Waals surface area contributed by atoms with Crippen LogP contribution in [0.3, 0.4) is 0 Å². The molecule has 4 nitrogen and oxygen atoms in total. The van der Waals surface area contributed by atoms with E-state index in [9.17, 15) is 0 Å². The second-order valence-corrected chi connectivity index (χ2v) is 3.65. The molecule has 0 amide bonds. The Labute approximate surface area is 89.6 Å². The Hall–Kier alpha value is -1.55. The van der Waals surface area contributed by atoms with Crippen LogP contribution in [0.2, 0.25) is 0 Å². The number of aryl methyl sites for hydroxylation is 1. The van der Waals surface area contributed by atoms with Gasteiger partial charge in [-0.25, -0.2) is 4.98 Å². The third-order valence-electron chi connectivity index (χ3n) is 2.53. The topological polar surface area (TPSA) is 34.8 Å². The first kappa shape index (κ1) is 9.98. The highest BCUT2D eigenvalue weighted by atomic mass is 15.1. The molecule has 2 heterocycles. The van der Waals surface area contributed by atoms with Crippen molar-refractivity contribution in [3.63, 3.8) is 0 Å². The van der Waals surface area contributed by atoms with Gasteiger partial charge in [-0.2, -0.15) is 0 Å². The van der Waals surface area contributed by atoms with Crippen LogP contribution in [-0.4, -0.2) is 21.2 Å². The number of hydrogen-bond donors (Lipinski definition) is 1. The zero-order valence-corrected chi connectivity index (χ0v) is 9.14. The van der Waals surface area contributed by atoms with Gasteiger partial charge in [-0.05, 0) is 19.2 Å². The standard InChI is InChI=1S/C11H16N4/c1-12-6-10-4-3-5-15(10)8-11-7-13-9-14(11)2/h3-5,7,9,12H,6,8H2,1-2H3. The molecule has 0 radical (unpaired) electrons. The first-order chi connectivity index (χ1) is 7.31. The molecule has 80 valence electrons. The Morgan fingerprint density at radius 2 is 2.27 bits per heavy atom. The minimum absolute atomic E-state index is 0.876. The fourth-order valence-corrected chi connectivity index (χ4v) is 1.66. The van der Waals surface area contributed by atoms with Crippen LogP contribution in [0.4, 0.5) is 0 Å². The second kappa shape index (κ2) is 4.31. The van der Waals surface area contributed by atoms with Crippen molar-refractivity contribution < 1.29 is 0 Å². The van der Waals surface area contributed by atoms with Crippen LogP contribution in [0, 0.1) is 0 Å². The number of nitrogens with zero attached hydrogens (tertiary/aromatic N) is 3. The summed E-state index contributed by atoms with van der Waals surface area (Å²) in [4.78, 5) is 4.11. The summed E-state index contributed by atoms with van der Waals surface area (Å²) in [6.07, 6.45) is 5.83. The fourth-order valence-electron chi connectivity index (χ4n) is 1.66. The van der Waals surface area contributed by atoms with Crippen molar-refractivity contribution in [3.8, 4) is 0 Å². The van der Waals surface area contributed by atoms with Gasteiger partial charge in [-0.15, -0.1) is 0 Å². The van der Waals surface area contributed by atoms with Gasteiger partial charge in [0.25, 0.3) is 0 Å². The van der Waals surface area contributed by atoms with E-state index in [1.54, 1.807) is 0 Å². The molecule has 0 aromatic carbocycles. The lowest BCUT2D eigenvalue weighted by Crippen LogP contribution is -2.12. The van der Waals surface area contributed by atoms with Crippen molar-refractivity contribution >= 4 is 0 Å². The minimum atomic E-state index is 0.876. The molecular formula is C11H16N4. The Morgan fingerprint density at radius 1 is 1.40 bits per heavy atom. The molecule has 4 heteroatoms. The van der Waals surface area contributed by atoms with Crippen molar-refractivity contribution in [2.45, 2.75) is 13.1 Å². The molecule has 2 aromatic heterocycles. The van der Waals surface area contributed by atoms with E-state index in [0.717, 1.165) is 13.1 Å². The van der Waals surface area contributed by atoms with E-state index >= 15 is 0 Å². The second-order valence-electron chi connectivity index (χ2n) is 3.65. The predicted octanol–water partition coefficient (Wildman–Crippen LogP) is 0.989. The molecule has 0 saturated carbocycles. The van der Waals surface area contributed by atoms with Crippen molar-refractivity contribution in [2.75, 3.05) is 7.05 Å². The molecule has 15 heavy (non-hydrogen) atoms. The highest BCUT2D eigenvalue weighted by molar-refractivity contribution is 5.10. The summed E-state index contributed by atoms with van der Waals surface area (Å²) in [7, 11) is 3.98. The zero-order valence-electron chi connectivity index (χ0n) is 9.14. The molecule has 2 aromatic rings. The van der Waals surface area contributed by atoms with Gasteiger partial charge in [0.05, 0.1) is 18.6 Å². The maximum Gasteiger partial charge on any atom is 0.0946 e. The molecule has 0 aliphatic rings. The lowest BCUT2D eigenvalue weighted by atomic mass is 10.4. The fraction of sp³-hybridized carbons (Fsp3) is 0.364. The third-order valence-corrected chi connectivity index (χ3v) is 2.53. The summed E-state index contributed by atoms with van der Waals surface area (Å²) >= 11 is 0. The Morgan fingerprint density at radius 3 is 2.93 bits per heavy atom. The molecule has 0 spiro atoms. The molecule has 0 atom stereocenters. The van der Waals surface area contributed by atoms with Crippen LogP contribution in [0.5, 0.6) is 0 Å². The molecule has 0 bridgehead atoms. The summed E-state index contributed by atoms with van der Waals surface area (Å²) in [6, 6.07) is 4.20. The quantitative estimate of drug-likeness (QED) is 0.806. The van der Waals surface area contributed by atoms with Crippen LogP contribution < -0.4 is 5.32 Å². The molecule has 0 fully saturated rings. The van der Waals surface area contributed by atoms with Crippen LogP contribution in [0.25, 0.3) is 0 Å². The predicted molar refractivity (Wildman–Crippen MR) is 59.5 cm³/mol. The SMILES string of the molecule is CNCc1cccn1Cc1cncn1C. The summed E-state index contributed by atoms with van der Waals surface area (Å²) in [5.41, 5.74) is 2.50. The minimum Gasteiger partial charge on any atom is -0.344 e. The Bertz CT molecular complexity index is 427. The first-order valence-electron chi connectivity index (χ1n) is 5.05. The highest BCUT2D eigenvalue weighted by Crippen LogP contribution is 2.06. The normalized spacial score (nSPS) is 10.8. The summed E-state index contributed by atoms with van der Waals surface area (Å²) < 4.78 is 4.27. The van der Waals surface area contributed by atoms with Crippen LogP contribution >= 0.6 is 0 Å². The number of nitrogens with one attached hydrogen (secondary N) is 1. The zero-order chi connectivity index (χ0) is 10.7. The monoisotopic (exact) mass is 204 g/mol. The molecular weight excluding hydrogens is 188 g/mol. The van der Waals surface area contributed by atoms with Crippen LogP contribution in [0.1, 0.15) is 11.4 Å². The van der Waals surface area contributed by atoms with E-state index in [0.29, 0.717) is 0 Å². The largest absolute Gasteiger partial charge is 0.344 e. The lowest BCUT2D eigenvalue weighted by Gasteiger charge is -2.09. The molecule has 0 saturated heterocycles. The van der Waals surface area contributed by atoms with Crippen molar-refractivity contribution in [1.82, 2.24) is 19.4 Å². The van der Waals surface area contributed by atoms with Crippen molar-refractivity contribution in [3.05, 3.63) is 42.2 Å². The van der Waals surface area contributed by atoms with Crippen LogP contribution in [0.15, 0.2) is 30.9 Å². The van der Waals surface area contributed by atoms with Gasteiger partial charge in [-0.3, -0.25) is 0 Å². The van der Waals surface area contributed by atoms with Gasteiger partial charge in [0.1, 0.15) is 0 Å². The summed E-state index contributed by atoms with van der Waals surface area (Å²) in [5, 5.41) is 3.16. The third kappa shape index (κ3) is 2.10. The number of imidazole rings is 1. The average Bonchev–Trinajstić information content (AvgIpc) is 2.80. The number of hydrogen-bond acceptors (Lipinski definition) is 2. The maximum absolute atomic E-state index is 4.11. The molecule has 0 aliphatic carbocycles. The molecule has 0 aliphatic heterocycles. The summed E-state index contributed by atoms with van der Waals surface area (Å²) in [5.74, 6) is 0. The van der Waals surface area contributed by atoms with E-state index in [-0.39, 0.29) is 0 Å². The highest BCUT2D eigenvalue weighted by Gasteiger charge is 2.03. The molecule has 1 N–H and O–H groups in total. The van der Waals surface area contributed by atoms with E-state index in [4.69, 9.17) is 0 Å². The average molecular weight is 204 g/mol. The maximum atomic E-state index is 4.11. The number of rotatable bonds is 4. The molecule has 2 rings (SSSR count). The van der Waals surface area contributed by atoms with Crippen molar-refractivity contribution in [1.29, 1.82) is 0 Å². The summed E-state index contributed by atoms with van der Waals surface area (Å²) in [6.45, 7) is 1.77. The van der Waals surface area contributed by atoms with Gasteiger partial charge in [0, 0.05) is 31.7 Å². The lowest BCUT2D eigenvalue weighted by molar-refractivity contribution is 0.665. The van der Waals surface area contributed by atoms with E-state index in [1.807, 2.05) is 31.2 Å². The Kier molecular flexibility index (Phi) is 2.87. The van der Waals surface area contributed by atoms with Gasteiger partial charge in [-0.1, -0.05) is 0 Å². The van der Waals surface area contributed by atoms with Gasteiger partial charge in [0.2, 0.25) is 0 Å². The van der Waals surface area contributed by atoms with E-state index < -0.39 is 0 Å². The van der Waals surface area contributed by atoms with Gasteiger partial charge < -0.3 is 14.5 Å². The molecule has 0 unspecified atom stereocenters. The smallest absolute Gasteiger partial charge is 0.0946 e. The van der Waals surface area contributed by atoms with Gasteiger partial charge in [0.15, 0.2) is 0 Å². The first-order valence-corrected chi connectivity index (χ1v) is 5.05. The number of aromatic nitrogens is 3. The van der Waals surface area contributed by atoms with E-state index in [2.05, 4.69) is 33.2 Å². The van der Waals surface area contributed by atoms with Gasteiger partial charge >= 0.3 is 0 Å². The van der Waals surface area contributed by atoms with E-state index in [1.165, 1.54) is 11.4 Å².